The van der Waals surface area contributed by atoms with Gasteiger partial charge in [0.05, 0.1) is 6.42 Å². The van der Waals surface area contributed by atoms with E-state index in [-0.39, 0.29) is 36.2 Å². The minimum Gasteiger partial charge on any atom is -0.445 e. The normalized spacial score (nSPS) is 23.4. The fourth-order valence-electron chi connectivity index (χ4n) is 4.74. The molecule has 15 heteroatoms. The van der Waals surface area contributed by atoms with Crippen LogP contribution in [-0.2, 0) is 44.5 Å². The lowest BCUT2D eigenvalue weighted by molar-refractivity contribution is -0.195. The SMILES string of the molecule is CO[C@@]1(NC(=O)Cc2cccs2)C(=O)N2C(C(=O)OC(C)OC(=O)OC3CCCCC3)=C(COC(N)=O)CS[C@@H]21. The van der Waals surface area contributed by atoms with Crippen molar-refractivity contribution in [2.24, 2.45) is 5.73 Å². The number of ether oxygens (including phenoxy) is 5. The molecule has 0 aromatic carbocycles. The maximum Gasteiger partial charge on any atom is 0.511 e. The molecule has 1 saturated heterocycles. The topological polar surface area (TPSA) is 173 Å². The Hall–Kier alpha value is -3.30. The van der Waals surface area contributed by atoms with Crippen molar-refractivity contribution in [2.75, 3.05) is 19.5 Å². The van der Waals surface area contributed by atoms with Gasteiger partial charge in [0.2, 0.25) is 12.2 Å². The van der Waals surface area contributed by atoms with E-state index in [1.807, 2.05) is 11.4 Å². The second-order valence-corrected chi connectivity index (χ2v) is 11.5. The van der Waals surface area contributed by atoms with Crippen LogP contribution in [-0.4, -0.2) is 77.9 Å². The minimum absolute atomic E-state index is 0.0433. The number of hydrogen-bond donors (Lipinski definition) is 2. The highest BCUT2D eigenvalue weighted by Gasteiger charge is 2.66. The summed E-state index contributed by atoms with van der Waals surface area (Å²) in [6, 6.07) is 3.61. The highest BCUT2D eigenvalue weighted by atomic mass is 32.2. The van der Waals surface area contributed by atoms with E-state index in [9.17, 15) is 24.0 Å². The van der Waals surface area contributed by atoms with Crippen molar-refractivity contribution >= 4 is 53.1 Å². The van der Waals surface area contributed by atoms with Crippen LogP contribution in [0.15, 0.2) is 28.8 Å². The number of fused-ring (bicyclic) bond motifs is 1. The van der Waals surface area contributed by atoms with Gasteiger partial charge in [-0.3, -0.25) is 14.5 Å². The van der Waals surface area contributed by atoms with Crippen molar-refractivity contribution < 1.29 is 47.7 Å². The van der Waals surface area contributed by atoms with Crippen molar-refractivity contribution in [3.8, 4) is 0 Å². The number of amides is 3. The summed E-state index contributed by atoms with van der Waals surface area (Å²) < 4.78 is 26.1. The Labute approximate surface area is 238 Å². The summed E-state index contributed by atoms with van der Waals surface area (Å²) in [5.74, 6) is -2.04. The quantitative estimate of drug-likeness (QED) is 0.175. The smallest absolute Gasteiger partial charge is 0.445 e. The molecule has 40 heavy (non-hydrogen) atoms. The van der Waals surface area contributed by atoms with Crippen LogP contribution in [0, 0.1) is 0 Å². The standard InChI is InChI=1S/C25H31N3O10S2/c1-14(37-24(33)38-16-7-4-3-5-8-16)36-20(30)19-15(12-35-23(26)32)13-40-22-25(34-2,21(31)28(19)22)27-18(29)11-17-9-6-10-39-17/h6,9-10,14,16,22H,3-5,7-8,11-13H2,1-2H3,(H2,26,32)(H,27,29)/t14?,22-,25+/m1/s1. The summed E-state index contributed by atoms with van der Waals surface area (Å²) in [6.07, 6.45) is 0.854. The molecule has 1 unspecified atom stereocenters. The first-order valence-electron chi connectivity index (χ1n) is 12.7. The third-order valence-corrected chi connectivity index (χ3v) is 8.85. The maximum absolute atomic E-state index is 13.5. The number of hydrogen-bond acceptors (Lipinski definition) is 12. The van der Waals surface area contributed by atoms with Gasteiger partial charge in [0.1, 0.15) is 23.8 Å². The highest BCUT2D eigenvalue weighted by Crippen LogP contribution is 2.47. The number of nitrogens with zero attached hydrogens (tertiary/aromatic N) is 1. The number of thiophene rings is 1. The van der Waals surface area contributed by atoms with Crippen LogP contribution in [0.25, 0.3) is 0 Å². The number of primary amides is 1. The summed E-state index contributed by atoms with van der Waals surface area (Å²) in [6.45, 7) is 0.949. The molecule has 1 saturated carbocycles. The van der Waals surface area contributed by atoms with Crippen molar-refractivity contribution in [3.63, 3.8) is 0 Å². The molecule has 2 fully saturated rings. The van der Waals surface area contributed by atoms with Gasteiger partial charge in [-0.25, -0.2) is 14.4 Å². The molecule has 3 amide bonds. The molecule has 0 spiro atoms. The molecular formula is C25H31N3O10S2. The molecule has 4 rings (SSSR count). The summed E-state index contributed by atoms with van der Waals surface area (Å²) in [5, 5.41) is 3.67. The first kappa shape index (κ1) is 29.7. The van der Waals surface area contributed by atoms with Gasteiger partial charge in [-0.05, 0) is 37.1 Å². The number of methoxy groups -OCH3 is 1. The van der Waals surface area contributed by atoms with Crippen molar-refractivity contribution in [3.05, 3.63) is 33.7 Å². The zero-order valence-corrected chi connectivity index (χ0v) is 23.7. The lowest BCUT2D eigenvalue weighted by Crippen LogP contribution is -2.80. The van der Waals surface area contributed by atoms with E-state index in [2.05, 4.69) is 5.32 Å². The molecule has 1 aromatic heterocycles. The molecule has 218 valence electrons. The zero-order valence-electron chi connectivity index (χ0n) is 22.0. The lowest BCUT2D eigenvalue weighted by atomic mass is 9.98. The van der Waals surface area contributed by atoms with Gasteiger partial charge in [0, 0.05) is 30.2 Å². The Kier molecular flexibility index (Phi) is 9.58. The Morgan fingerprint density at radius 3 is 2.60 bits per heavy atom. The molecule has 1 aromatic rings. The van der Waals surface area contributed by atoms with E-state index in [1.165, 1.54) is 37.1 Å². The highest BCUT2D eigenvalue weighted by molar-refractivity contribution is 8.00. The minimum atomic E-state index is -1.73. The Balaban J connectivity index is 1.47. The predicted molar refractivity (Wildman–Crippen MR) is 142 cm³/mol. The first-order valence-corrected chi connectivity index (χ1v) is 14.6. The van der Waals surface area contributed by atoms with Gasteiger partial charge in [0.15, 0.2) is 0 Å². The molecule has 3 N–H and O–H groups in total. The predicted octanol–water partition coefficient (Wildman–Crippen LogP) is 2.39. The van der Waals surface area contributed by atoms with E-state index >= 15 is 0 Å². The van der Waals surface area contributed by atoms with Crippen molar-refractivity contribution in [1.29, 1.82) is 0 Å². The van der Waals surface area contributed by atoms with Crippen LogP contribution in [0.3, 0.4) is 0 Å². The van der Waals surface area contributed by atoms with Crippen LogP contribution in [0.4, 0.5) is 9.59 Å². The van der Waals surface area contributed by atoms with Gasteiger partial charge in [-0.1, -0.05) is 12.5 Å². The summed E-state index contributed by atoms with van der Waals surface area (Å²) >= 11 is 2.59. The van der Waals surface area contributed by atoms with E-state index in [0.29, 0.717) is 0 Å². The summed E-state index contributed by atoms with van der Waals surface area (Å²) in [4.78, 5) is 64.9. The average Bonchev–Trinajstić information content (AvgIpc) is 3.42. The number of carbonyl (C=O) groups is 5. The molecule has 3 heterocycles. The number of nitrogens with two attached hydrogens (primary N) is 1. The van der Waals surface area contributed by atoms with Crippen molar-refractivity contribution in [1.82, 2.24) is 10.2 Å². The molecule has 13 nitrogen and oxygen atoms in total. The fourth-order valence-corrected chi connectivity index (χ4v) is 6.86. The van der Waals surface area contributed by atoms with E-state index < -0.39 is 47.4 Å². The molecule has 0 radical (unpaired) electrons. The molecule has 2 aliphatic heterocycles. The lowest BCUT2D eigenvalue weighted by Gasteiger charge is -2.55. The monoisotopic (exact) mass is 597 g/mol. The van der Waals surface area contributed by atoms with Gasteiger partial charge in [-0.15, -0.1) is 23.1 Å². The Morgan fingerprint density at radius 1 is 1.20 bits per heavy atom. The Bertz CT molecular complexity index is 1170. The number of nitrogens with one attached hydrogen (secondary N) is 1. The fraction of sp³-hybridized carbons (Fsp3) is 0.560. The Morgan fingerprint density at radius 2 is 1.95 bits per heavy atom. The van der Waals surface area contributed by atoms with Crippen LogP contribution in [0.2, 0.25) is 0 Å². The van der Waals surface area contributed by atoms with Gasteiger partial charge >= 0.3 is 18.2 Å². The number of carbonyl (C=O) groups excluding carboxylic acids is 5. The van der Waals surface area contributed by atoms with Crippen LogP contribution in [0.5, 0.6) is 0 Å². The second-order valence-electron chi connectivity index (χ2n) is 9.36. The van der Waals surface area contributed by atoms with Gasteiger partial charge < -0.3 is 34.7 Å². The summed E-state index contributed by atoms with van der Waals surface area (Å²) in [5.41, 5.74) is 3.39. The van der Waals surface area contributed by atoms with E-state index in [1.54, 1.807) is 6.07 Å². The summed E-state index contributed by atoms with van der Waals surface area (Å²) in [7, 11) is 1.28. The zero-order chi connectivity index (χ0) is 28.9. The maximum atomic E-state index is 13.5. The van der Waals surface area contributed by atoms with Crippen LogP contribution in [0.1, 0.15) is 43.9 Å². The van der Waals surface area contributed by atoms with E-state index in [0.717, 1.165) is 41.9 Å². The largest absolute Gasteiger partial charge is 0.511 e. The van der Waals surface area contributed by atoms with Gasteiger partial charge in [-0.2, -0.15) is 0 Å². The number of thioether (sulfide) groups is 1. The molecular weight excluding hydrogens is 566 g/mol. The second kappa shape index (κ2) is 12.9. The molecule has 0 bridgehead atoms. The first-order chi connectivity index (χ1) is 19.1. The van der Waals surface area contributed by atoms with Crippen LogP contribution < -0.4 is 11.1 Å². The number of esters is 1. The third kappa shape index (κ3) is 6.53. The molecule has 1 aliphatic carbocycles. The van der Waals surface area contributed by atoms with Crippen molar-refractivity contribution in [2.45, 2.75) is 68.9 Å². The number of rotatable bonds is 10. The van der Waals surface area contributed by atoms with Crippen LogP contribution >= 0.6 is 23.1 Å². The molecule has 3 aliphatic rings. The third-order valence-electron chi connectivity index (χ3n) is 6.60. The average molecular weight is 598 g/mol. The number of β-lactam (4-membered cyclic amide) rings is 1. The van der Waals surface area contributed by atoms with Gasteiger partial charge in [0.25, 0.3) is 11.6 Å². The van der Waals surface area contributed by atoms with E-state index in [4.69, 9.17) is 29.4 Å². The molecule has 3 atom stereocenters.